The smallest absolute Gasteiger partial charge is 0.277 e. The van der Waals surface area contributed by atoms with Crippen molar-refractivity contribution in [3.8, 4) is 11.1 Å². The maximum Gasteiger partial charge on any atom is 0.277 e. The van der Waals surface area contributed by atoms with Gasteiger partial charge in [0.15, 0.2) is 0 Å². The Hall–Kier alpha value is -12.1. The van der Waals surface area contributed by atoms with Crippen LogP contribution in [0.1, 0.15) is 173 Å². The Balaban J connectivity index is 0.000000122. The molecule has 0 radical (unpaired) electrons. The number of hydrogen-bond acceptors (Lipinski definition) is 24. The lowest BCUT2D eigenvalue weighted by Crippen LogP contribution is -2.42. The third-order valence-electron chi connectivity index (χ3n) is 17.0. The van der Waals surface area contributed by atoms with Crippen molar-refractivity contribution in [3.63, 3.8) is 0 Å². The van der Waals surface area contributed by atoms with Gasteiger partial charge in [-0.15, -0.1) is 0 Å². The molecule has 9 aromatic heterocycles. The Morgan fingerprint density at radius 1 is 0.408 bits per heavy atom. The SMILES string of the molecule is CC1C=CN(N(C)C)C2=C1C(=O)c1nccc(Cl)c1C2=O.Cc1ccnc2c1C(=O)c1nccc(Cl)c1C2=O.Cc1ccnc2c1C(=O)c1nccc(N(C)C)c1C2=O.Cc1cnc2c(c1)C(=O)c1nccc(Cl)c1C2=O.O=C1c2nccc(-c3ccccc3[N+](=O)[O-])c2C(=O)c2nccc(Cl)c21. The van der Waals surface area contributed by atoms with Crippen LogP contribution in [0.3, 0.4) is 0 Å². The molecule has 10 aromatic rings. The molecule has 1 atom stereocenters. The van der Waals surface area contributed by atoms with Gasteiger partial charge in [-0.25, -0.2) is 5.01 Å². The summed E-state index contributed by atoms with van der Waals surface area (Å²) in [5, 5.41) is 15.6. The van der Waals surface area contributed by atoms with E-state index < -0.39 is 16.5 Å². The summed E-state index contributed by atoms with van der Waals surface area (Å²) < 4.78 is 0. The Morgan fingerprint density at radius 2 is 0.786 bits per heavy atom. The minimum Gasteiger partial charge on any atom is -0.377 e. The van der Waals surface area contributed by atoms with E-state index in [1.165, 1.54) is 85.7 Å². The highest BCUT2D eigenvalue weighted by molar-refractivity contribution is 6.41. The van der Waals surface area contributed by atoms with Gasteiger partial charge in [-0.3, -0.25) is 108 Å². The summed E-state index contributed by atoms with van der Waals surface area (Å²) in [5.41, 5.74) is 6.83. The predicted molar refractivity (Wildman–Crippen MR) is 376 cm³/mol. The molecule has 0 N–H and O–H groups in total. The van der Waals surface area contributed by atoms with Gasteiger partial charge in [-0.05, 0) is 98.1 Å². The quantitative estimate of drug-likeness (QED) is 0.117. The number of fused-ring (bicyclic) bond motifs is 9. The standard InChI is InChI=1S/C18H8ClN3O4.C15H14ClN3O2.C15H13N3O2.2C13H7ClN2O2/c19-11-6-8-21-16-14(11)18(24)15-13(17(16)23)10(5-7-20-15)9-3-1-2-4-12(9)22(25)26;1-8-5-7-19(18(2)3)13-10(8)14(20)12-11(15(13)21)9(16)4-6-17-12;1-8-4-6-16-12-10(8)14(19)13-11(15(12)20)9(18(2)3)5-7-17-13;1-6-2-4-15-10-8(6)12(17)11-9(13(10)18)7(14)3-5-16-11;1-6-4-7-10(16-5-6)13(18)9-8(14)2-3-15-11(9)12(7)17/h1-8H;4-8H,1-3H3;4-7H,1-3H3;2*2-5H,1H3. The van der Waals surface area contributed by atoms with Gasteiger partial charge in [0.05, 0.1) is 86.3 Å². The van der Waals surface area contributed by atoms with Crippen molar-refractivity contribution in [2.24, 2.45) is 5.92 Å². The second-order valence-electron chi connectivity index (χ2n) is 23.9. The number of Topliss-reactive ketones (excluding diaryl/α,β-unsaturated/α-hetero) is 2. The Kier molecular flexibility index (Phi) is 19.3. The number of aromatic nitrogens is 9. The van der Waals surface area contributed by atoms with E-state index in [4.69, 9.17) is 46.4 Å². The molecule has 103 heavy (non-hydrogen) atoms. The zero-order chi connectivity index (χ0) is 73.9. The molecule has 0 bridgehead atoms. The highest BCUT2D eigenvalue weighted by Crippen LogP contribution is 2.41. The number of rotatable bonds is 4. The normalized spacial score (nSPS) is 14.6. The first kappa shape index (κ1) is 70.7. The number of halogens is 4. The van der Waals surface area contributed by atoms with Gasteiger partial charge in [-0.2, -0.15) is 0 Å². The molecule has 0 saturated heterocycles. The molecule has 29 heteroatoms. The molecule has 16 rings (SSSR count). The van der Waals surface area contributed by atoms with Crippen LogP contribution in [0.2, 0.25) is 20.1 Å². The first-order chi connectivity index (χ1) is 49.2. The lowest BCUT2D eigenvalue weighted by atomic mass is 9.82. The molecule has 0 fully saturated rings. The number of anilines is 1. The van der Waals surface area contributed by atoms with Gasteiger partial charge in [0, 0.05) is 113 Å². The average Bonchev–Trinajstić information content (AvgIpc) is 0.793. The first-order valence-electron chi connectivity index (χ1n) is 30.9. The summed E-state index contributed by atoms with van der Waals surface area (Å²) >= 11 is 24.1. The minimum atomic E-state index is -0.543. The number of nitrogens with zero attached hydrogens (tertiary/aromatic N) is 13. The van der Waals surface area contributed by atoms with E-state index in [0.717, 1.165) is 11.1 Å². The molecule has 0 spiro atoms. The van der Waals surface area contributed by atoms with Gasteiger partial charge in [0.1, 0.15) is 56.9 Å². The van der Waals surface area contributed by atoms with E-state index >= 15 is 0 Å². The van der Waals surface area contributed by atoms with Crippen LogP contribution in [0.5, 0.6) is 0 Å². The number of hydrogen-bond donors (Lipinski definition) is 0. The van der Waals surface area contributed by atoms with Crippen molar-refractivity contribution in [1.82, 2.24) is 54.9 Å². The molecular weight excluding hydrogens is 1400 g/mol. The lowest BCUT2D eigenvalue weighted by Gasteiger charge is -2.36. The zero-order valence-electron chi connectivity index (χ0n) is 55.2. The van der Waals surface area contributed by atoms with Crippen LogP contribution in [0.4, 0.5) is 11.4 Å². The van der Waals surface area contributed by atoms with Crippen LogP contribution in [-0.2, 0) is 0 Å². The van der Waals surface area contributed by atoms with Crippen molar-refractivity contribution in [2.45, 2.75) is 27.7 Å². The number of benzene rings is 1. The Labute approximate surface area is 604 Å². The molecule has 0 saturated carbocycles. The van der Waals surface area contributed by atoms with Gasteiger partial charge in [0.2, 0.25) is 57.8 Å². The molecule has 1 aromatic carbocycles. The van der Waals surface area contributed by atoms with Crippen molar-refractivity contribution >= 4 is 116 Å². The van der Waals surface area contributed by atoms with E-state index in [0.29, 0.717) is 44.8 Å². The molecule has 10 heterocycles. The van der Waals surface area contributed by atoms with E-state index in [-0.39, 0.29) is 168 Å². The summed E-state index contributed by atoms with van der Waals surface area (Å²) in [6.07, 6.45) is 16.8. The van der Waals surface area contributed by atoms with Crippen LogP contribution < -0.4 is 4.90 Å². The second-order valence-corrected chi connectivity index (χ2v) is 25.5. The lowest BCUT2D eigenvalue weighted by molar-refractivity contribution is -0.384. The second kappa shape index (κ2) is 28.1. The van der Waals surface area contributed by atoms with Crippen LogP contribution in [0, 0.1) is 36.8 Å². The number of hydrazine groups is 1. The van der Waals surface area contributed by atoms with Crippen molar-refractivity contribution in [3.05, 3.63) is 306 Å². The highest BCUT2D eigenvalue weighted by atomic mass is 35.5. The third kappa shape index (κ3) is 12.4. The van der Waals surface area contributed by atoms with Crippen LogP contribution in [0.25, 0.3) is 11.1 Å². The number of carbonyl (C=O) groups excluding carboxylic acids is 10. The van der Waals surface area contributed by atoms with E-state index in [2.05, 4.69) is 44.9 Å². The number of aryl methyl sites for hydroxylation is 3. The third-order valence-corrected chi connectivity index (χ3v) is 18.3. The van der Waals surface area contributed by atoms with E-state index in [1.54, 1.807) is 83.9 Å². The molecule has 510 valence electrons. The fraction of sp³-hybridized carbons (Fsp3) is 0.122. The number of pyridine rings is 9. The number of allylic oxidation sites excluding steroid dienone is 3. The van der Waals surface area contributed by atoms with Gasteiger partial charge >= 0.3 is 0 Å². The first-order valence-corrected chi connectivity index (χ1v) is 32.4. The number of nitro benzene ring substituents is 1. The number of nitro groups is 1. The van der Waals surface area contributed by atoms with Gasteiger partial charge in [-0.1, -0.05) is 71.5 Å². The summed E-state index contributed by atoms with van der Waals surface area (Å²) in [4.78, 5) is 175. The fourth-order valence-electron chi connectivity index (χ4n) is 12.2. The highest BCUT2D eigenvalue weighted by Gasteiger charge is 2.43. The van der Waals surface area contributed by atoms with Crippen molar-refractivity contribution in [2.75, 3.05) is 33.1 Å². The van der Waals surface area contributed by atoms with E-state index in [9.17, 15) is 58.1 Å². The van der Waals surface area contributed by atoms with Gasteiger partial charge in [0.25, 0.3) is 5.69 Å². The average molecular weight is 1450 g/mol. The molecular formula is C74H49Cl4N13O12. The summed E-state index contributed by atoms with van der Waals surface area (Å²) in [7, 11) is 7.27. The summed E-state index contributed by atoms with van der Waals surface area (Å²) in [5.74, 6) is -3.48. The minimum absolute atomic E-state index is 0.00104. The predicted octanol–water partition coefficient (Wildman–Crippen LogP) is 11.8. The molecule has 1 unspecified atom stereocenters. The van der Waals surface area contributed by atoms with Crippen molar-refractivity contribution in [1.29, 1.82) is 0 Å². The Bertz CT molecular complexity index is 5520. The topological polar surface area (TPSA) is 340 Å². The zero-order valence-corrected chi connectivity index (χ0v) is 58.2. The van der Waals surface area contributed by atoms with Crippen LogP contribution >= 0.6 is 46.4 Å². The molecule has 6 aliphatic rings. The van der Waals surface area contributed by atoms with Crippen LogP contribution in [0.15, 0.2) is 158 Å². The molecule has 0 amide bonds. The molecule has 1 aliphatic heterocycles. The maximum absolute atomic E-state index is 13.0. The van der Waals surface area contributed by atoms with Crippen LogP contribution in [-0.4, -0.2) is 146 Å². The molecule has 25 nitrogen and oxygen atoms in total. The number of ketones is 10. The fourth-order valence-corrected chi connectivity index (χ4v) is 13.2. The largest absolute Gasteiger partial charge is 0.377 e. The van der Waals surface area contributed by atoms with Crippen molar-refractivity contribution < 1.29 is 52.9 Å². The van der Waals surface area contributed by atoms with Gasteiger partial charge < -0.3 is 4.90 Å². The number of carbonyl (C=O) groups is 10. The Morgan fingerprint density at radius 3 is 1.27 bits per heavy atom. The summed E-state index contributed by atoms with van der Waals surface area (Å²) in [6, 6.07) is 20.2. The maximum atomic E-state index is 13.0. The van der Waals surface area contributed by atoms with E-state index in [1.807, 2.05) is 48.1 Å². The summed E-state index contributed by atoms with van der Waals surface area (Å²) in [6.45, 7) is 7.26. The monoisotopic (exact) mass is 1450 g/mol. The molecule has 5 aliphatic carbocycles. The number of para-hydroxylation sites is 1.